The van der Waals surface area contributed by atoms with Crippen molar-refractivity contribution in [2.24, 2.45) is 0 Å². The Bertz CT molecular complexity index is 671. The van der Waals surface area contributed by atoms with E-state index < -0.39 is 7.26 Å². The Balaban J connectivity index is 2.14. The molecule has 0 amide bonds. The highest BCUT2D eigenvalue weighted by Crippen LogP contribution is 2.59. The summed E-state index contributed by atoms with van der Waals surface area (Å²) in [4.78, 5) is 0. The standard InChI is InChI=1S/C21H22OP/c1-22-18-23(20-13-7-3-8-14-20,21-15-9-4-10-16-21)17-19-11-5-2-6-12-19/h2-16H,17-18H2,1H3/q+1. The molecule has 0 bridgehead atoms. The van der Waals surface area contributed by atoms with Crippen LogP contribution in [-0.2, 0) is 10.9 Å². The van der Waals surface area contributed by atoms with E-state index >= 15 is 0 Å². The van der Waals surface area contributed by atoms with Gasteiger partial charge in [0.2, 0.25) is 0 Å². The minimum Gasteiger partial charge on any atom is -0.349 e. The first-order chi connectivity index (χ1) is 11.3. The third kappa shape index (κ3) is 3.52. The van der Waals surface area contributed by atoms with Crippen molar-refractivity contribution in [3.05, 3.63) is 96.6 Å². The fourth-order valence-corrected chi connectivity index (χ4v) is 6.88. The van der Waals surface area contributed by atoms with Crippen molar-refractivity contribution in [1.82, 2.24) is 0 Å². The largest absolute Gasteiger partial charge is 0.349 e. The second-order valence-corrected chi connectivity index (χ2v) is 9.24. The molecule has 0 radical (unpaired) electrons. The van der Waals surface area contributed by atoms with Gasteiger partial charge in [0.25, 0.3) is 0 Å². The van der Waals surface area contributed by atoms with Crippen LogP contribution in [0.15, 0.2) is 91.0 Å². The molecule has 0 fully saturated rings. The van der Waals surface area contributed by atoms with Gasteiger partial charge in [0, 0.05) is 7.11 Å². The van der Waals surface area contributed by atoms with Crippen LogP contribution in [0.3, 0.4) is 0 Å². The maximum atomic E-state index is 5.74. The minimum atomic E-state index is -1.65. The van der Waals surface area contributed by atoms with Gasteiger partial charge in [0.15, 0.2) is 6.35 Å². The third-order valence-corrected chi connectivity index (χ3v) is 8.32. The fourth-order valence-electron chi connectivity index (χ4n) is 3.07. The van der Waals surface area contributed by atoms with E-state index in [9.17, 15) is 0 Å². The maximum absolute atomic E-state index is 5.74. The Morgan fingerprint density at radius 1 is 0.652 bits per heavy atom. The zero-order valence-electron chi connectivity index (χ0n) is 13.4. The molecule has 0 aliphatic carbocycles. The molecule has 3 aromatic rings. The van der Waals surface area contributed by atoms with Gasteiger partial charge >= 0.3 is 0 Å². The van der Waals surface area contributed by atoms with Gasteiger partial charge in [-0.3, -0.25) is 0 Å². The smallest absolute Gasteiger partial charge is 0.166 e. The van der Waals surface area contributed by atoms with E-state index in [2.05, 4.69) is 91.0 Å². The summed E-state index contributed by atoms with van der Waals surface area (Å²) in [7, 11) is 0.166. The molecule has 0 aliphatic heterocycles. The van der Waals surface area contributed by atoms with Crippen LogP contribution in [0, 0.1) is 0 Å². The lowest BCUT2D eigenvalue weighted by atomic mass is 10.2. The highest BCUT2D eigenvalue weighted by molar-refractivity contribution is 7.88. The number of hydrogen-bond donors (Lipinski definition) is 0. The molecule has 0 atom stereocenters. The molecule has 0 unspecified atom stereocenters. The van der Waals surface area contributed by atoms with Crippen molar-refractivity contribution in [2.45, 2.75) is 6.16 Å². The predicted octanol–water partition coefficient (Wildman–Crippen LogP) is 4.46. The Kier molecular flexibility index (Phi) is 5.23. The average molecular weight is 321 g/mol. The Labute approximate surface area is 139 Å². The monoisotopic (exact) mass is 321 g/mol. The first-order valence-corrected chi connectivity index (χ1v) is 10.0. The molecule has 0 spiro atoms. The van der Waals surface area contributed by atoms with E-state index in [4.69, 9.17) is 4.74 Å². The van der Waals surface area contributed by atoms with Crippen molar-refractivity contribution in [3.63, 3.8) is 0 Å². The fraction of sp³-hybridized carbons (Fsp3) is 0.143. The van der Waals surface area contributed by atoms with E-state index in [0.29, 0.717) is 0 Å². The van der Waals surface area contributed by atoms with E-state index in [1.807, 2.05) is 7.11 Å². The average Bonchev–Trinajstić information content (AvgIpc) is 2.64. The van der Waals surface area contributed by atoms with Gasteiger partial charge in [-0.15, -0.1) is 0 Å². The molecule has 23 heavy (non-hydrogen) atoms. The van der Waals surface area contributed by atoms with Crippen LogP contribution in [-0.4, -0.2) is 13.5 Å². The number of ether oxygens (including phenoxy) is 1. The summed E-state index contributed by atoms with van der Waals surface area (Å²) in [6.07, 6.45) is 1.78. The van der Waals surface area contributed by atoms with E-state index in [1.165, 1.54) is 16.2 Å². The molecule has 0 aromatic heterocycles. The summed E-state index contributed by atoms with van der Waals surface area (Å²) < 4.78 is 5.74. The second-order valence-electron chi connectivity index (χ2n) is 5.70. The van der Waals surface area contributed by atoms with E-state index in [1.54, 1.807) is 0 Å². The zero-order valence-corrected chi connectivity index (χ0v) is 14.3. The molecular formula is C21H22OP+. The SMILES string of the molecule is COC[P+](Cc1ccccc1)(c1ccccc1)c1ccccc1. The molecule has 3 aromatic carbocycles. The quantitative estimate of drug-likeness (QED) is 0.609. The van der Waals surface area contributed by atoms with Crippen molar-refractivity contribution >= 4 is 17.9 Å². The number of benzene rings is 3. The van der Waals surface area contributed by atoms with Crippen LogP contribution in [0.25, 0.3) is 0 Å². The van der Waals surface area contributed by atoms with Crippen LogP contribution in [0.2, 0.25) is 0 Å². The first kappa shape index (κ1) is 15.9. The molecular weight excluding hydrogens is 299 g/mol. The van der Waals surface area contributed by atoms with Crippen LogP contribution in [0.1, 0.15) is 5.56 Å². The van der Waals surface area contributed by atoms with Crippen molar-refractivity contribution < 1.29 is 4.74 Å². The molecule has 0 saturated heterocycles. The predicted molar refractivity (Wildman–Crippen MR) is 101 cm³/mol. The summed E-state index contributed by atoms with van der Waals surface area (Å²) in [6, 6.07) is 32.5. The first-order valence-electron chi connectivity index (χ1n) is 7.86. The van der Waals surface area contributed by atoms with Gasteiger partial charge in [-0.2, -0.15) is 0 Å². The third-order valence-electron chi connectivity index (χ3n) is 4.15. The molecule has 116 valence electrons. The van der Waals surface area contributed by atoms with E-state index in [-0.39, 0.29) is 0 Å². The second kappa shape index (κ2) is 7.55. The molecule has 0 N–H and O–H groups in total. The van der Waals surface area contributed by atoms with Gasteiger partial charge in [-0.1, -0.05) is 66.7 Å². The summed E-state index contributed by atoms with van der Waals surface area (Å²) in [5.74, 6) is 0. The molecule has 1 nitrogen and oxygen atoms in total. The molecule has 0 heterocycles. The maximum Gasteiger partial charge on any atom is 0.166 e. The topological polar surface area (TPSA) is 9.23 Å². The summed E-state index contributed by atoms with van der Waals surface area (Å²) in [6.45, 7) is 0. The number of hydrogen-bond acceptors (Lipinski definition) is 1. The summed E-state index contributed by atoms with van der Waals surface area (Å²) in [5, 5.41) is 2.80. The lowest BCUT2D eigenvalue weighted by Gasteiger charge is -2.26. The highest BCUT2D eigenvalue weighted by Gasteiger charge is 2.43. The van der Waals surface area contributed by atoms with Crippen molar-refractivity contribution in [3.8, 4) is 0 Å². The normalized spacial score (nSPS) is 11.3. The minimum absolute atomic E-state index is 0.760. The molecule has 0 aliphatic rings. The van der Waals surface area contributed by atoms with Gasteiger partial charge in [-0.05, 0) is 29.8 Å². The van der Waals surface area contributed by atoms with Crippen LogP contribution in [0.4, 0.5) is 0 Å². The van der Waals surface area contributed by atoms with Gasteiger partial charge < -0.3 is 4.74 Å². The lowest BCUT2D eigenvalue weighted by molar-refractivity contribution is 0.254. The molecule has 0 saturated carbocycles. The lowest BCUT2D eigenvalue weighted by Crippen LogP contribution is -2.27. The highest BCUT2D eigenvalue weighted by atomic mass is 31.2. The Morgan fingerprint density at radius 2 is 1.09 bits per heavy atom. The van der Waals surface area contributed by atoms with E-state index in [0.717, 1.165) is 12.5 Å². The van der Waals surface area contributed by atoms with Gasteiger partial charge in [0.1, 0.15) is 17.9 Å². The number of rotatable bonds is 6. The number of methoxy groups -OCH3 is 1. The summed E-state index contributed by atoms with van der Waals surface area (Å²) in [5.41, 5.74) is 1.37. The Morgan fingerprint density at radius 3 is 1.52 bits per heavy atom. The Hall–Kier alpha value is -1.95. The molecule has 3 rings (SSSR count). The van der Waals surface area contributed by atoms with Crippen LogP contribution in [0.5, 0.6) is 0 Å². The van der Waals surface area contributed by atoms with Crippen molar-refractivity contribution in [1.29, 1.82) is 0 Å². The summed E-state index contributed by atoms with van der Waals surface area (Å²) >= 11 is 0. The zero-order chi connectivity index (χ0) is 16.0. The molecule has 2 heteroatoms. The van der Waals surface area contributed by atoms with Crippen molar-refractivity contribution in [2.75, 3.05) is 13.5 Å². The van der Waals surface area contributed by atoms with Crippen LogP contribution >= 0.6 is 7.26 Å². The van der Waals surface area contributed by atoms with Gasteiger partial charge in [0.05, 0.1) is 6.16 Å². The van der Waals surface area contributed by atoms with Gasteiger partial charge in [-0.25, -0.2) is 0 Å². The van der Waals surface area contributed by atoms with Crippen LogP contribution < -0.4 is 10.6 Å².